The second-order valence-corrected chi connectivity index (χ2v) is 2.01. The molecule has 0 atom stereocenters. The van der Waals surface area contributed by atoms with E-state index >= 15 is 0 Å². The zero-order valence-electron chi connectivity index (χ0n) is 7.90. The standard InChI is InChI=1S/C4H6O4.C3H4O3/c1-3(5)7-8-4(2)6;1-2(4)3(5)6/h1-2H3;1H3,(H,5,6). The largest absolute Gasteiger partial charge is 0.476 e. The van der Waals surface area contributed by atoms with E-state index in [0.29, 0.717) is 0 Å². The van der Waals surface area contributed by atoms with Crippen LogP contribution >= 0.6 is 0 Å². The normalized spacial score (nSPS) is 7.64. The molecule has 0 bridgehead atoms. The van der Waals surface area contributed by atoms with Crippen molar-refractivity contribution in [1.82, 2.24) is 0 Å². The molecule has 0 rings (SSSR count). The predicted octanol–water partition coefficient (Wildman–Crippen LogP) is -0.312. The lowest BCUT2D eigenvalue weighted by molar-refractivity contribution is -0.255. The summed E-state index contributed by atoms with van der Waals surface area (Å²) < 4.78 is 0. The molecular formula is C7H10O7. The first kappa shape index (κ1) is 14.6. The topological polar surface area (TPSA) is 107 Å². The van der Waals surface area contributed by atoms with Crippen molar-refractivity contribution in [2.45, 2.75) is 20.8 Å². The van der Waals surface area contributed by atoms with Crippen LogP contribution in [-0.2, 0) is 29.0 Å². The van der Waals surface area contributed by atoms with E-state index in [1.807, 2.05) is 0 Å². The Hall–Kier alpha value is -1.92. The fourth-order valence-corrected chi connectivity index (χ4v) is 0.117. The molecule has 0 aromatic rings. The molecule has 0 aliphatic rings. The van der Waals surface area contributed by atoms with E-state index in [-0.39, 0.29) is 0 Å². The molecule has 0 aromatic carbocycles. The molecule has 0 aliphatic heterocycles. The molecule has 0 fully saturated rings. The third-order valence-corrected chi connectivity index (χ3v) is 0.578. The molecular weight excluding hydrogens is 196 g/mol. The smallest absolute Gasteiger partial charge is 0.371 e. The SMILES string of the molecule is CC(=O)C(=O)O.CC(=O)OOC(C)=O. The van der Waals surface area contributed by atoms with Crippen LogP contribution < -0.4 is 0 Å². The maximum atomic E-state index is 9.85. The first-order chi connectivity index (χ1) is 6.27. The van der Waals surface area contributed by atoms with Crippen molar-refractivity contribution in [3.8, 4) is 0 Å². The lowest BCUT2D eigenvalue weighted by Crippen LogP contribution is -2.05. The predicted molar refractivity (Wildman–Crippen MR) is 41.8 cm³/mol. The summed E-state index contributed by atoms with van der Waals surface area (Å²) in [7, 11) is 0. The number of carboxylic acid groups (broad SMARTS) is 1. The average Bonchev–Trinajstić information content (AvgIpc) is 2.01. The molecule has 80 valence electrons. The van der Waals surface area contributed by atoms with E-state index < -0.39 is 23.7 Å². The molecule has 0 spiro atoms. The Kier molecular flexibility index (Phi) is 8.04. The zero-order valence-corrected chi connectivity index (χ0v) is 7.90. The van der Waals surface area contributed by atoms with Gasteiger partial charge in [-0.1, -0.05) is 0 Å². The molecule has 0 saturated heterocycles. The van der Waals surface area contributed by atoms with Gasteiger partial charge >= 0.3 is 17.9 Å². The molecule has 0 heterocycles. The number of rotatable bonds is 1. The highest BCUT2D eigenvalue weighted by Crippen LogP contribution is 1.78. The maximum Gasteiger partial charge on any atom is 0.371 e. The number of carboxylic acids is 1. The van der Waals surface area contributed by atoms with Gasteiger partial charge in [0.05, 0.1) is 0 Å². The molecule has 0 saturated carbocycles. The van der Waals surface area contributed by atoms with Crippen LogP contribution in [0.1, 0.15) is 20.8 Å². The second-order valence-electron chi connectivity index (χ2n) is 2.01. The summed E-state index contributed by atoms with van der Waals surface area (Å²) in [5.74, 6) is -3.48. The third-order valence-electron chi connectivity index (χ3n) is 0.578. The Morgan fingerprint density at radius 2 is 1.07 bits per heavy atom. The summed E-state index contributed by atoms with van der Waals surface area (Å²) in [6.45, 7) is 3.29. The van der Waals surface area contributed by atoms with E-state index in [2.05, 4.69) is 9.78 Å². The van der Waals surface area contributed by atoms with Gasteiger partial charge in [-0.15, -0.1) is 0 Å². The van der Waals surface area contributed by atoms with Crippen LogP contribution in [0.25, 0.3) is 0 Å². The van der Waals surface area contributed by atoms with Crippen molar-refractivity contribution in [2.24, 2.45) is 0 Å². The Morgan fingerprint density at radius 3 is 1.14 bits per heavy atom. The number of aliphatic carboxylic acids is 1. The third kappa shape index (κ3) is 16.6. The molecule has 0 aliphatic carbocycles. The van der Waals surface area contributed by atoms with Crippen LogP contribution in [0, 0.1) is 0 Å². The molecule has 1 N–H and O–H groups in total. The molecule has 0 radical (unpaired) electrons. The van der Waals surface area contributed by atoms with E-state index in [1.54, 1.807) is 0 Å². The number of carbonyl (C=O) groups excluding carboxylic acids is 3. The van der Waals surface area contributed by atoms with Gasteiger partial charge in [-0.05, 0) is 0 Å². The van der Waals surface area contributed by atoms with Crippen LogP contribution in [0.4, 0.5) is 0 Å². The van der Waals surface area contributed by atoms with E-state index in [0.717, 1.165) is 20.8 Å². The van der Waals surface area contributed by atoms with Gasteiger partial charge in [0.15, 0.2) is 0 Å². The first-order valence-corrected chi connectivity index (χ1v) is 3.37. The van der Waals surface area contributed by atoms with Gasteiger partial charge in [-0.2, -0.15) is 0 Å². The Morgan fingerprint density at radius 1 is 0.857 bits per heavy atom. The number of ketones is 1. The van der Waals surface area contributed by atoms with Crippen LogP contribution in [0.15, 0.2) is 0 Å². The second kappa shape index (κ2) is 7.71. The Labute approximate surface area is 79.5 Å². The molecule has 7 nitrogen and oxygen atoms in total. The van der Waals surface area contributed by atoms with Crippen molar-refractivity contribution >= 4 is 23.7 Å². The Bertz CT molecular complexity index is 216. The Balaban J connectivity index is 0. The van der Waals surface area contributed by atoms with Crippen molar-refractivity contribution in [3.63, 3.8) is 0 Å². The minimum absolute atomic E-state index is 0.639. The minimum atomic E-state index is -1.38. The van der Waals surface area contributed by atoms with Gasteiger partial charge in [0.25, 0.3) is 0 Å². The van der Waals surface area contributed by atoms with Gasteiger partial charge < -0.3 is 5.11 Å². The lowest BCUT2D eigenvalue weighted by Gasteiger charge is -1.93. The number of carbonyl (C=O) groups is 4. The van der Waals surface area contributed by atoms with Crippen LogP contribution in [-0.4, -0.2) is 28.8 Å². The van der Waals surface area contributed by atoms with Gasteiger partial charge in [0.1, 0.15) is 0 Å². The summed E-state index contributed by atoms with van der Waals surface area (Å²) in [5, 5.41) is 7.64. The van der Waals surface area contributed by atoms with E-state index in [4.69, 9.17) is 5.11 Å². The summed E-state index contributed by atoms with van der Waals surface area (Å²) in [6.07, 6.45) is 0. The first-order valence-electron chi connectivity index (χ1n) is 3.37. The van der Waals surface area contributed by atoms with E-state index in [1.165, 1.54) is 0 Å². The van der Waals surface area contributed by atoms with Gasteiger partial charge in [-0.25, -0.2) is 24.2 Å². The van der Waals surface area contributed by atoms with Crippen molar-refractivity contribution in [3.05, 3.63) is 0 Å². The minimum Gasteiger partial charge on any atom is -0.476 e. The quantitative estimate of drug-likeness (QED) is 0.356. The summed E-state index contributed by atoms with van der Waals surface area (Å²) in [6, 6.07) is 0. The highest BCUT2D eigenvalue weighted by Gasteiger charge is 1.99. The fourth-order valence-electron chi connectivity index (χ4n) is 0.117. The van der Waals surface area contributed by atoms with Gasteiger partial charge in [-0.3, -0.25) is 4.79 Å². The molecule has 0 aromatic heterocycles. The summed E-state index contributed by atoms with van der Waals surface area (Å²) in [4.78, 5) is 46.2. The van der Waals surface area contributed by atoms with Crippen molar-refractivity contribution in [2.75, 3.05) is 0 Å². The summed E-state index contributed by atoms with van der Waals surface area (Å²) >= 11 is 0. The number of hydrogen-bond acceptors (Lipinski definition) is 6. The molecule has 0 unspecified atom stereocenters. The number of Topliss-reactive ketones (excluding diaryl/α,β-unsaturated/α-hetero) is 1. The molecule has 7 heteroatoms. The van der Waals surface area contributed by atoms with E-state index in [9.17, 15) is 19.2 Å². The van der Waals surface area contributed by atoms with Crippen LogP contribution in [0.2, 0.25) is 0 Å². The lowest BCUT2D eigenvalue weighted by atomic mass is 10.5. The average molecular weight is 206 g/mol. The summed E-state index contributed by atoms with van der Waals surface area (Å²) in [5.41, 5.74) is 0. The highest BCUT2D eigenvalue weighted by molar-refractivity contribution is 6.31. The maximum absolute atomic E-state index is 9.85. The van der Waals surface area contributed by atoms with Crippen LogP contribution in [0.5, 0.6) is 0 Å². The van der Waals surface area contributed by atoms with Gasteiger partial charge in [0, 0.05) is 20.8 Å². The van der Waals surface area contributed by atoms with Gasteiger partial charge in [0.2, 0.25) is 5.78 Å². The number of hydrogen-bond donors (Lipinski definition) is 1. The molecule has 14 heavy (non-hydrogen) atoms. The highest BCUT2D eigenvalue weighted by atomic mass is 17.2. The molecule has 0 amide bonds. The van der Waals surface area contributed by atoms with Crippen LogP contribution in [0.3, 0.4) is 0 Å². The monoisotopic (exact) mass is 206 g/mol. The fraction of sp³-hybridized carbons (Fsp3) is 0.429. The van der Waals surface area contributed by atoms with Crippen molar-refractivity contribution < 1.29 is 34.1 Å². The van der Waals surface area contributed by atoms with Crippen molar-refractivity contribution in [1.29, 1.82) is 0 Å². The zero-order chi connectivity index (χ0) is 11.7.